The molecule has 1 heterocycles. The first kappa shape index (κ1) is 10.7. The molecule has 0 bridgehead atoms. The van der Waals surface area contributed by atoms with E-state index in [-0.39, 0.29) is 6.10 Å². The normalized spacial score (nSPS) is 25.5. The van der Waals surface area contributed by atoms with Crippen molar-refractivity contribution in [3.63, 3.8) is 0 Å². The summed E-state index contributed by atoms with van der Waals surface area (Å²) in [7, 11) is 0. The molecule has 0 radical (unpaired) electrons. The zero-order valence-corrected chi connectivity index (χ0v) is 9.20. The number of aryl methyl sites for hydroxylation is 1. The van der Waals surface area contributed by atoms with Crippen LogP contribution in [0.15, 0.2) is 18.2 Å². The number of benzene rings is 1. The van der Waals surface area contributed by atoms with E-state index in [1.807, 2.05) is 19.1 Å². The van der Waals surface area contributed by atoms with Crippen LogP contribution in [-0.2, 0) is 4.74 Å². The van der Waals surface area contributed by atoms with Gasteiger partial charge in [-0.15, -0.1) is 0 Å². The summed E-state index contributed by atoms with van der Waals surface area (Å²) in [5.74, 6) is 0.706. The van der Waals surface area contributed by atoms with Crippen LogP contribution in [0.2, 0.25) is 5.02 Å². The van der Waals surface area contributed by atoms with Crippen molar-refractivity contribution >= 4 is 11.6 Å². The van der Waals surface area contributed by atoms with Gasteiger partial charge in [0.05, 0.1) is 13.2 Å². The predicted molar refractivity (Wildman–Crippen MR) is 57.4 cm³/mol. The van der Waals surface area contributed by atoms with Crippen LogP contribution in [0.1, 0.15) is 5.56 Å². The van der Waals surface area contributed by atoms with Crippen LogP contribution >= 0.6 is 11.6 Å². The molecule has 1 aromatic rings. The van der Waals surface area contributed by atoms with Crippen LogP contribution in [0.4, 0.5) is 0 Å². The quantitative estimate of drug-likeness (QED) is 0.839. The van der Waals surface area contributed by atoms with E-state index in [0.717, 1.165) is 5.56 Å². The monoisotopic (exact) mass is 228 g/mol. The van der Waals surface area contributed by atoms with Gasteiger partial charge in [0.25, 0.3) is 0 Å². The summed E-state index contributed by atoms with van der Waals surface area (Å²) < 4.78 is 10.7. The molecule has 0 aromatic heterocycles. The molecular formula is C11H13ClO3. The Morgan fingerprint density at radius 3 is 2.93 bits per heavy atom. The summed E-state index contributed by atoms with van der Waals surface area (Å²) in [5.41, 5.74) is 0.999. The molecule has 1 saturated heterocycles. The lowest BCUT2D eigenvalue weighted by Gasteiger charge is -2.17. The molecule has 0 aliphatic carbocycles. The van der Waals surface area contributed by atoms with Crippen molar-refractivity contribution in [2.75, 3.05) is 13.2 Å². The average Bonchev–Trinajstić information content (AvgIpc) is 2.58. The van der Waals surface area contributed by atoms with Crippen LogP contribution in [-0.4, -0.2) is 30.5 Å². The van der Waals surface area contributed by atoms with E-state index >= 15 is 0 Å². The van der Waals surface area contributed by atoms with Gasteiger partial charge >= 0.3 is 0 Å². The standard InChI is InChI=1S/C11H13ClO3/c1-7-2-3-8(12)4-10(7)15-11-6-14-5-9(11)13/h2-4,9,11,13H,5-6H2,1H3/t9-,11-/m0/s1. The number of aliphatic hydroxyl groups is 1. The summed E-state index contributed by atoms with van der Waals surface area (Å²) >= 11 is 5.86. The highest BCUT2D eigenvalue weighted by Gasteiger charge is 2.28. The van der Waals surface area contributed by atoms with E-state index in [1.54, 1.807) is 6.07 Å². The Hall–Kier alpha value is -0.770. The molecule has 1 fully saturated rings. The van der Waals surface area contributed by atoms with Gasteiger partial charge in [-0.05, 0) is 24.6 Å². The van der Waals surface area contributed by atoms with Gasteiger partial charge in [-0.1, -0.05) is 17.7 Å². The van der Waals surface area contributed by atoms with Gasteiger partial charge in [-0.2, -0.15) is 0 Å². The maximum atomic E-state index is 9.53. The van der Waals surface area contributed by atoms with E-state index in [0.29, 0.717) is 24.0 Å². The molecule has 0 unspecified atom stereocenters. The highest BCUT2D eigenvalue weighted by molar-refractivity contribution is 6.30. The first-order chi connectivity index (χ1) is 7.16. The summed E-state index contributed by atoms with van der Waals surface area (Å²) in [6.45, 7) is 2.70. The third-order valence-corrected chi connectivity index (χ3v) is 2.66. The molecule has 1 aliphatic rings. The maximum absolute atomic E-state index is 9.53. The van der Waals surface area contributed by atoms with Crippen LogP contribution in [0.5, 0.6) is 5.75 Å². The predicted octanol–water partition coefficient (Wildman–Crippen LogP) is 1.79. The van der Waals surface area contributed by atoms with Gasteiger partial charge in [-0.25, -0.2) is 0 Å². The second-order valence-electron chi connectivity index (χ2n) is 3.67. The van der Waals surface area contributed by atoms with Gasteiger partial charge in [0.2, 0.25) is 0 Å². The summed E-state index contributed by atoms with van der Waals surface area (Å²) in [6, 6.07) is 5.45. The Morgan fingerprint density at radius 1 is 1.47 bits per heavy atom. The van der Waals surface area contributed by atoms with Crippen LogP contribution < -0.4 is 4.74 Å². The molecule has 1 aliphatic heterocycles. The van der Waals surface area contributed by atoms with Gasteiger partial charge in [0.15, 0.2) is 0 Å². The number of hydrogen-bond donors (Lipinski definition) is 1. The minimum Gasteiger partial charge on any atom is -0.485 e. The lowest BCUT2D eigenvalue weighted by Crippen LogP contribution is -2.29. The Morgan fingerprint density at radius 2 is 2.27 bits per heavy atom. The molecule has 82 valence electrons. The van der Waals surface area contributed by atoms with Gasteiger partial charge in [0.1, 0.15) is 18.0 Å². The molecule has 0 amide bonds. The number of rotatable bonds is 2. The van der Waals surface area contributed by atoms with E-state index in [1.165, 1.54) is 0 Å². The van der Waals surface area contributed by atoms with Gasteiger partial charge in [0, 0.05) is 5.02 Å². The fourth-order valence-electron chi connectivity index (χ4n) is 1.50. The van der Waals surface area contributed by atoms with Crippen molar-refractivity contribution in [3.05, 3.63) is 28.8 Å². The van der Waals surface area contributed by atoms with E-state index in [4.69, 9.17) is 21.1 Å². The minimum atomic E-state index is -0.552. The van der Waals surface area contributed by atoms with Crippen molar-refractivity contribution in [1.29, 1.82) is 0 Å². The van der Waals surface area contributed by atoms with Crippen LogP contribution in [0.3, 0.4) is 0 Å². The first-order valence-electron chi connectivity index (χ1n) is 4.85. The highest BCUT2D eigenvalue weighted by atomic mass is 35.5. The number of aliphatic hydroxyl groups excluding tert-OH is 1. The molecule has 15 heavy (non-hydrogen) atoms. The smallest absolute Gasteiger partial charge is 0.150 e. The zero-order valence-electron chi connectivity index (χ0n) is 8.44. The lowest BCUT2D eigenvalue weighted by molar-refractivity contribution is 0.0729. The van der Waals surface area contributed by atoms with Crippen LogP contribution in [0, 0.1) is 6.92 Å². The summed E-state index contributed by atoms with van der Waals surface area (Å²) in [5, 5.41) is 10.2. The summed E-state index contributed by atoms with van der Waals surface area (Å²) in [4.78, 5) is 0. The van der Waals surface area contributed by atoms with E-state index in [9.17, 15) is 5.11 Å². The second kappa shape index (κ2) is 4.39. The SMILES string of the molecule is Cc1ccc(Cl)cc1O[C@H]1COC[C@@H]1O. The second-order valence-corrected chi connectivity index (χ2v) is 4.11. The molecule has 2 rings (SSSR count). The largest absolute Gasteiger partial charge is 0.485 e. The fourth-order valence-corrected chi connectivity index (χ4v) is 1.66. The average molecular weight is 229 g/mol. The molecule has 2 atom stereocenters. The fraction of sp³-hybridized carbons (Fsp3) is 0.455. The van der Waals surface area contributed by atoms with E-state index < -0.39 is 6.10 Å². The van der Waals surface area contributed by atoms with Gasteiger partial charge < -0.3 is 14.6 Å². The highest BCUT2D eigenvalue weighted by Crippen LogP contribution is 2.25. The molecule has 0 saturated carbocycles. The summed E-state index contributed by atoms with van der Waals surface area (Å²) in [6.07, 6.45) is -0.842. The van der Waals surface area contributed by atoms with E-state index in [2.05, 4.69) is 0 Å². The number of ether oxygens (including phenoxy) is 2. The van der Waals surface area contributed by atoms with Crippen molar-refractivity contribution in [2.45, 2.75) is 19.1 Å². The van der Waals surface area contributed by atoms with Crippen molar-refractivity contribution in [3.8, 4) is 5.75 Å². The topological polar surface area (TPSA) is 38.7 Å². The Bertz CT molecular complexity index is 354. The molecule has 1 aromatic carbocycles. The van der Waals surface area contributed by atoms with Crippen molar-refractivity contribution in [2.24, 2.45) is 0 Å². The van der Waals surface area contributed by atoms with Crippen LogP contribution in [0.25, 0.3) is 0 Å². The molecule has 1 N–H and O–H groups in total. The number of hydrogen-bond acceptors (Lipinski definition) is 3. The lowest BCUT2D eigenvalue weighted by atomic mass is 10.2. The molecule has 3 nitrogen and oxygen atoms in total. The minimum absolute atomic E-state index is 0.290. The zero-order chi connectivity index (χ0) is 10.8. The third-order valence-electron chi connectivity index (χ3n) is 2.43. The van der Waals surface area contributed by atoms with Crippen molar-refractivity contribution < 1.29 is 14.6 Å². The Balaban J connectivity index is 2.12. The Labute approximate surface area is 93.6 Å². The molecule has 4 heteroatoms. The maximum Gasteiger partial charge on any atom is 0.150 e. The number of halogens is 1. The molecule has 0 spiro atoms. The first-order valence-corrected chi connectivity index (χ1v) is 5.23. The Kier molecular flexibility index (Phi) is 3.14. The van der Waals surface area contributed by atoms with Gasteiger partial charge in [-0.3, -0.25) is 0 Å². The van der Waals surface area contributed by atoms with Crippen molar-refractivity contribution in [1.82, 2.24) is 0 Å². The molecular weight excluding hydrogens is 216 g/mol. The third kappa shape index (κ3) is 2.43.